The number of carboxylic acids is 1. The molecule has 1 heterocycles. The average Bonchev–Trinajstić information content (AvgIpc) is 2.68. The zero-order valence-electron chi connectivity index (χ0n) is 17.2. The smallest absolute Gasteiger partial charge is 0.339 e. The molecule has 0 fully saturated rings. The molecule has 0 spiro atoms. The molecule has 1 aromatic heterocycles. The number of carbonyl (C=O) groups excluding carboxylic acids is 1. The van der Waals surface area contributed by atoms with Crippen LogP contribution in [0, 0.1) is 12.8 Å². The fourth-order valence-electron chi connectivity index (χ4n) is 3.78. The molecule has 156 valence electrons. The summed E-state index contributed by atoms with van der Waals surface area (Å²) in [6.45, 7) is 6.79. The van der Waals surface area contributed by atoms with Crippen molar-refractivity contribution >= 4 is 22.8 Å². The number of nitrogens with one attached hydrogen (secondary N) is 1. The molecule has 3 rings (SSSR count). The predicted octanol–water partition coefficient (Wildman–Crippen LogP) is 2.97. The number of fused-ring (bicyclic) bond motifs is 3. The lowest BCUT2D eigenvalue weighted by atomic mass is 9.90. The van der Waals surface area contributed by atoms with Crippen molar-refractivity contribution < 1.29 is 23.8 Å². The quantitative estimate of drug-likeness (QED) is 0.721. The SMILES string of the molecule is Cc1c(OC(C)C(=O)N[C@H](C(=O)O)C(C)C)ccc2c3c(c(=O)oc12)CCCC3. The molecule has 0 radical (unpaired) electrons. The molecule has 2 atom stereocenters. The Balaban J connectivity index is 1.87. The topological polar surface area (TPSA) is 106 Å². The van der Waals surface area contributed by atoms with Gasteiger partial charge in [-0.3, -0.25) is 4.79 Å². The van der Waals surface area contributed by atoms with Crippen LogP contribution in [0.1, 0.15) is 50.3 Å². The minimum Gasteiger partial charge on any atom is -0.480 e. The summed E-state index contributed by atoms with van der Waals surface area (Å²) in [6.07, 6.45) is 2.71. The van der Waals surface area contributed by atoms with Crippen LogP contribution in [0.15, 0.2) is 21.3 Å². The Kier molecular flexibility index (Phi) is 5.96. The summed E-state index contributed by atoms with van der Waals surface area (Å²) in [7, 11) is 0. The van der Waals surface area contributed by atoms with Gasteiger partial charge in [-0.2, -0.15) is 0 Å². The van der Waals surface area contributed by atoms with Crippen molar-refractivity contribution in [2.75, 3.05) is 0 Å². The summed E-state index contributed by atoms with van der Waals surface area (Å²) >= 11 is 0. The Morgan fingerprint density at radius 3 is 2.41 bits per heavy atom. The van der Waals surface area contributed by atoms with Gasteiger partial charge in [-0.25, -0.2) is 9.59 Å². The van der Waals surface area contributed by atoms with Gasteiger partial charge in [-0.15, -0.1) is 0 Å². The number of carboxylic acid groups (broad SMARTS) is 1. The molecule has 7 nitrogen and oxygen atoms in total. The molecule has 1 unspecified atom stereocenters. The molecule has 0 saturated heterocycles. The molecule has 1 aliphatic rings. The molecule has 0 aliphatic heterocycles. The van der Waals surface area contributed by atoms with Crippen molar-refractivity contribution in [3.05, 3.63) is 39.2 Å². The van der Waals surface area contributed by atoms with Crippen LogP contribution in [0.2, 0.25) is 0 Å². The number of aliphatic carboxylic acids is 1. The van der Waals surface area contributed by atoms with E-state index in [1.54, 1.807) is 33.8 Å². The van der Waals surface area contributed by atoms with Crippen molar-refractivity contribution in [3.8, 4) is 5.75 Å². The van der Waals surface area contributed by atoms with Crippen molar-refractivity contribution in [2.45, 2.75) is 65.5 Å². The summed E-state index contributed by atoms with van der Waals surface area (Å²) in [5, 5.41) is 12.7. The van der Waals surface area contributed by atoms with Crippen LogP contribution in [0.4, 0.5) is 0 Å². The second-order valence-corrected chi connectivity index (χ2v) is 7.95. The Morgan fingerprint density at radius 1 is 1.14 bits per heavy atom. The first-order chi connectivity index (χ1) is 13.7. The number of hydrogen-bond acceptors (Lipinski definition) is 5. The predicted molar refractivity (Wildman–Crippen MR) is 108 cm³/mol. The van der Waals surface area contributed by atoms with Crippen LogP contribution in [0.5, 0.6) is 5.75 Å². The van der Waals surface area contributed by atoms with Crippen LogP contribution in [0.25, 0.3) is 11.0 Å². The normalized spacial score (nSPS) is 15.6. The summed E-state index contributed by atoms with van der Waals surface area (Å²) in [5.74, 6) is -1.44. The van der Waals surface area contributed by atoms with E-state index in [4.69, 9.17) is 9.15 Å². The first-order valence-electron chi connectivity index (χ1n) is 9.98. The van der Waals surface area contributed by atoms with E-state index in [9.17, 15) is 19.5 Å². The van der Waals surface area contributed by atoms with E-state index in [-0.39, 0.29) is 11.5 Å². The second kappa shape index (κ2) is 8.27. The summed E-state index contributed by atoms with van der Waals surface area (Å²) < 4.78 is 11.4. The van der Waals surface area contributed by atoms with Gasteiger partial charge < -0.3 is 19.6 Å². The number of benzene rings is 1. The highest BCUT2D eigenvalue weighted by Gasteiger charge is 2.27. The number of aryl methyl sites for hydroxylation is 2. The summed E-state index contributed by atoms with van der Waals surface area (Å²) in [6, 6.07) is 2.65. The van der Waals surface area contributed by atoms with Crippen LogP contribution in [0.3, 0.4) is 0 Å². The third-order valence-electron chi connectivity index (χ3n) is 5.49. The molecule has 0 saturated carbocycles. The molecular formula is C22H27NO6. The van der Waals surface area contributed by atoms with E-state index >= 15 is 0 Å². The minimum atomic E-state index is -1.09. The highest BCUT2D eigenvalue weighted by Crippen LogP contribution is 2.32. The van der Waals surface area contributed by atoms with Crippen LogP contribution >= 0.6 is 0 Å². The molecule has 0 bridgehead atoms. The number of carbonyl (C=O) groups is 2. The Labute approximate surface area is 169 Å². The number of rotatable bonds is 6. The van der Waals surface area contributed by atoms with Gasteiger partial charge in [0, 0.05) is 16.5 Å². The van der Waals surface area contributed by atoms with E-state index in [0.29, 0.717) is 16.9 Å². The van der Waals surface area contributed by atoms with E-state index in [1.807, 2.05) is 6.07 Å². The maximum Gasteiger partial charge on any atom is 0.339 e. The third kappa shape index (κ3) is 4.13. The average molecular weight is 401 g/mol. The minimum absolute atomic E-state index is 0.258. The zero-order valence-corrected chi connectivity index (χ0v) is 17.2. The number of ether oxygens (including phenoxy) is 1. The first-order valence-corrected chi connectivity index (χ1v) is 9.98. The van der Waals surface area contributed by atoms with Crippen molar-refractivity contribution in [2.24, 2.45) is 5.92 Å². The molecule has 1 amide bonds. The van der Waals surface area contributed by atoms with E-state index in [2.05, 4.69) is 5.32 Å². The molecule has 2 N–H and O–H groups in total. The van der Waals surface area contributed by atoms with Gasteiger partial charge in [-0.05, 0) is 63.1 Å². The maximum absolute atomic E-state index is 12.4. The van der Waals surface area contributed by atoms with Crippen LogP contribution in [-0.4, -0.2) is 29.1 Å². The highest BCUT2D eigenvalue weighted by atomic mass is 16.5. The Morgan fingerprint density at radius 2 is 1.79 bits per heavy atom. The largest absolute Gasteiger partial charge is 0.480 e. The number of hydrogen-bond donors (Lipinski definition) is 2. The lowest BCUT2D eigenvalue weighted by Gasteiger charge is -2.22. The highest BCUT2D eigenvalue weighted by molar-refractivity contribution is 5.88. The standard InChI is InChI=1S/C22H27NO6/c1-11(2)18(21(25)26)23-20(24)13(4)28-17-10-9-15-14-7-5-6-8-16(14)22(27)29-19(15)12(17)3/h9-11,13,18H,5-8H2,1-4H3,(H,23,24)(H,25,26)/t13?,18-/m0/s1. The fraction of sp³-hybridized carbons (Fsp3) is 0.500. The van der Waals surface area contributed by atoms with Crippen LogP contribution < -0.4 is 15.7 Å². The van der Waals surface area contributed by atoms with Crippen molar-refractivity contribution in [1.29, 1.82) is 0 Å². The Hall–Kier alpha value is -2.83. The van der Waals surface area contributed by atoms with Gasteiger partial charge in [0.05, 0.1) is 0 Å². The van der Waals surface area contributed by atoms with Gasteiger partial charge in [0.15, 0.2) is 6.10 Å². The van der Waals surface area contributed by atoms with Gasteiger partial charge in [-0.1, -0.05) is 13.8 Å². The lowest BCUT2D eigenvalue weighted by molar-refractivity contribution is -0.144. The third-order valence-corrected chi connectivity index (χ3v) is 5.49. The first kappa shape index (κ1) is 20.9. The van der Waals surface area contributed by atoms with E-state index < -0.39 is 24.0 Å². The van der Waals surface area contributed by atoms with Crippen molar-refractivity contribution in [1.82, 2.24) is 5.32 Å². The Bertz CT molecular complexity index is 1010. The molecule has 1 aromatic carbocycles. The van der Waals surface area contributed by atoms with Gasteiger partial charge in [0.2, 0.25) is 0 Å². The van der Waals surface area contributed by atoms with Gasteiger partial charge in [0.25, 0.3) is 5.91 Å². The second-order valence-electron chi connectivity index (χ2n) is 7.95. The molecule has 29 heavy (non-hydrogen) atoms. The van der Waals surface area contributed by atoms with Crippen molar-refractivity contribution in [3.63, 3.8) is 0 Å². The monoisotopic (exact) mass is 401 g/mol. The van der Waals surface area contributed by atoms with E-state index in [1.165, 1.54) is 0 Å². The van der Waals surface area contributed by atoms with Gasteiger partial charge >= 0.3 is 11.6 Å². The molecular weight excluding hydrogens is 374 g/mol. The zero-order chi connectivity index (χ0) is 21.3. The van der Waals surface area contributed by atoms with Gasteiger partial charge in [0.1, 0.15) is 17.4 Å². The fourth-order valence-corrected chi connectivity index (χ4v) is 3.78. The molecule has 2 aromatic rings. The molecule has 7 heteroatoms. The van der Waals surface area contributed by atoms with E-state index in [0.717, 1.165) is 42.2 Å². The van der Waals surface area contributed by atoms with Crippen LogP contribution in [-0.2, 0) is 22.4 Å². The summed E-state index contributed by atoms with van der Waals surface area (Å²) in [4.78, 5) is 36.1. The molecule has 1 aliphatic carbocycles. The number of amides is 1. The maximum atomic E-state index is 12.4. The lowest BCUT2D eigenvalue weighted by Crippen LogP contribution is -2.48. The summed E-state index contributed by atoms with van der Waals surface area (Å²) in [5.41, 5.74) is 2.62.